The van der Waals surface area contributed by atoms with Crippen LogP contribution in [0.3, 0.4) is 0 Å². The molecule has 0 saturated carbocycles. The lowest BCUT2D eigenvalue weighted by Crippen LogP contribution is -2.13. The van der Waals surface area contributed by atoms with E-state index in [9.17, 15) is 9.18 Å². The molecule has 5 heteroatoms. The summed E-state index contributed by atoms with van der Waals surface area (Å²) < 4.78 is 12.8. The predicted octanol–water partition coefficient (Wildman–Crippen LogP) is 4.02. The summed E-state index contributed by atoms with van der Waals surface area (Å²) in [7, 11) is 0. The molecule has 104 valence electrons. The molecule has 21 heavy (non-hydrogen) atoms. The predicted molar refractivity (Wildman–Crippen MR) is 80.1 cm³/mol. The van der Waals surface area contributed by atoms with Crippen molar-refractivity contribution in [1.82, 2.24) is 0 Å². The van der Waals surface area contributed by atoms with E-state index in [4.69, 9.17) is 16.9 Å². The van der Waals surface area contributed by atoms with Gasteiger partial charge in [-0.05, 0) is 42.0 Å². The Balaban J connectivity index is 2.19. The molecule has 0 fully saturated rings. The third-order valence-electron chi connectivity index (χ3n) is 2.63. The zero-order chi connectivity index (χ0) is 15.2. The van der Waals surface area contributed by atoms with Crippen molar-refractivity contribution in [3.8, 4) is 6.07 Å². The van der Waals surface area contributed by atoms with Crippen molar-refractivity contribution in [3.63, 3.8) is 0 Å². The first-order valence-corrected chi connectivity index (χ1v) is 6.40. The number of hydrogen-bond donors (Lipinski definition) is 1. The van der Waals surface area contributed by atoms with Gasteiger partial charge in [0.1, 0.15) is 17.5 Å². The van der Waals surface area contributed by atoms with Crippen molar-refractivity contribution in [1.29, 1.82) is 5.26 Å². The molecule has 0 aliphatic rings. The Morgan fingerprint density at radius 2 is 1.95 bits per heavy atom. The molecule has 0 unspecified atom stereocenters. The Hall–Kier alpha value is -2.64. The van der Waals surface area contributed by atoms with Crippen LogP contribution in [0.25, 0.3) is 6.08 Å². The first-order chi connectivity index (χ1) is 10.1. The van der Waals surface area contributed by atoms with Crippen LogP contribution in [0.1, 0.15) is 5.56 Å². The summed E-state index contributed by atoms with van der Waals surface area (Å²) in [6.07, 6.45) is 1.39. The molecule has 0 radical (unpaired) electrons. The quantitative estimate of drug-likeness (QED) is 0.687. The standard InChI is InChI=1S/C16H10ClFN2O/c17-13-2-1-3-15(9-13)20-16(21)12(10-19)8-11-4-6-14(18)7-5-11/h1-9H,(H,20,21)/b12-8+. The highest BCUT2D eigenvalue weighted by molar-refractivity contribution is 6.31. The maximum Gasteiger partial charge on any atom is 0.266 e. The van der Waals surface area contributed by atoms with E-state index in [0.29, 0.717) is 16.3 Å². The van der Waals surface area contributed by atoms with Crippen LogP contribution in [0.15, 0.2) is 54.1 Å². The number of amides is 1. The first kappa shape index (κ1) is 14.8. The van der Waals surface area contributed by atoms with Crippen LogP contribution in [-0.2, 0) is 4.79 Å². The second kappa shape index (κ2) is 6.69. The van der Waals surface area contributed by atoms with Crippen LogP contribution < -0.4 is 5.32 Å². The minimum absolute atomic E-state index is 0.0819. The summed E-state index contributed by atoms with van der Waals surface area (Å²) in [4.78, 5) is 12.0. The van der Waals surface area contributed by atoms with E-state index in [-0.39, 0.29) is 11.4 Å². The van der Waals surface area contributed by atoms with Crippen LogP contribution in [0.5, 0.6) is 0 Å². The maximum atomic E-state index is 12.8. The van der Waals surface area contributed by atoms with Gasteiger partial charge < -0.3 is 5.32 Å². The number of hydrogen-bond acceptors (Lipinski definition) is 2. The maximum absolute atomic E-state index is 12.8. The lowest BCUT2D eigenvalue weighted by atomic mass is 10.1. The third kappa shape index (κ3) is 4.16. The number of nitrogens with one attached hydrogen (secondary N) is 1. The van der Waals surface area contributed by atoms with E-state index in [2.05, 4.69) is 5.32 Å². The Morgan fingerprint density at radius 1 is 1.24 bits per heavy atom. The highest BCUT2D eigenvalue weighted by atomic mass is 35.5. The average Bonchev–Trinajstić information content (AvgIpc) is 2.46. The number of anilines is 1. The van der Waals surface area contributed by atoms with Crippen molar-refractivity contribution in [2.75, 3.05) is 5.32 Å². The van der Waals surface area contributed by atoms with Gasteiger partial charge in [-0.1, -0.05) is 29.8 Å². The zero-order valence-corrected chi connectivity index (χ0v) is 11.6. The van der Waals surface area contributed by atoms with Gasteiger partial charge in [0, 0.05) is 10.7 Å². The fraction of sp³-hybridized carbons (Fsp3) is 0. The fourth-order valence-corrected chi connectivity index (χ4v) is 1.83. The van der Waals surface area contributed by atoms with Crippen molar-refractivity contribution in [3.05, 3.63) is 70.5 Å². The Labute approximate surface area is 126 Å². The molecule has 1 N–H and O–H groups in total. The second-order valence-electron chi connectivity index (χ2n) is 4.19. The van der Waals surface area contributed by atoms with E-state index in [1.54, 1.807) is 24.3 Å². The normalized spacial score (nSPS) is 10.8. The average molecular weight is 301 g/mol. The summed E-state index contributed by atoms with van der Waals surface area (Å²) in [6.45, 7) is 0. The summed E-state index contributed by atoms with van der Waals surface area (Å²) in [5.74, 6) is -0.932. The van der Waals surface area contributed by atoms with E-state index >= 15 is 0 Å². The fourth-order valence-electron chi connectivity index (χ4n) is 1.64. The summed E-state index contributed by atoms with van der Waals surface area (Å²) in [5, 5.41) is 12.1. The Kier molecular flexibility index (Phi) is 4.70. The van der Waals surface area contributed by atoms with Crippen molar-refractivity contribution in [2.24, 2.45) is 0 Å². The molecule has 0 spiro atoms. The van der Waals surface area contributed by atoms with E-state index < -0.39 is 5.91 Å². The molecule has 0 heterocycles. The van der Waals surface area contributed by atoms with Crippen molar-refractivity contribution in [2.45, 2.75) is 0 Å². The molecule has 0 bridgehead atoms. The van der Waals surface area contributed by atoms with Crippen LogP contribution in [0, 0.1) is 17.1 Å². The Bertz CT molecular complexity index is 733. The number of halogens is 2. The number of nitrogens with zero attached hydrogens (tertiary/aromatic N) is 1. The molecule has 0 aromatic heterocycles. The molecule has 1 amide bonds. The lowest BCUT2D eigenvalue weighted by Gasteiger charge is -2.04. The number of rotatable bonds is 3. The molecular formula is C16H10ClFN2O. The van der Waals surface area contributed by atoms with Crippen LogP contribution in [-0.4, -0.2) is 5.91 Å². The molecule has 2 rings (SSSR count). The molecule has 0 aliphatic carbocycles. The lowest BCUT2D eigenvalue weighted by molar-refractivity contribution is -0.112. The van der Waals surface area contributed by atoms with Crippen LogP contribution >= 0.6 is 11.6 Å². The molecule has 2 aromatic rings. The van der Waals surface area contributed by atoms with Gasteiger partial charge in [-0.25, -0.2) is 4.39 Å². The van der Waals surface area contributed by atoms with Crippen LogP contribution in [0.4, 0.5) is 10.1 Å². The van der Waals surface area contributed by atoms with E-state index in [1.807, 2.05) is 6.07 Å². The van der Waals surface area contributed by atoms with Crippen molar-refractivity contribution >= 4 is 29.3 Å². The molecule has 0 saturated heterocycles. The van der Waals surface area contributed by atoms with Gasteiger partial charge in [-0.3, -0.25) is 4.79 Å². The zero-order valence-electron chi connectivity index (χ0n) is 10.8. The van der Waals surface area contributed by atoms with Gasteiger partial charge in [-0.15, -0.1) is 0 Å². The smallest absolute Gasteiger partial charge is 0.266 e. The number of nitriles is 1. The molecule has 3 nitrogen and oxygen atoms in total. The Morgan fingerprint density at radius 3 is 2.57 bits per heavy atom. The van der Waals surface area contributed by atoms with E-state index in [1.165, 1.54) is 30.3 Å². The van der Waals surface area contributed by atoms with Gasteiger partial charge in [0.15, 0.2) is 0 Å². The van der Waals surface area contributed by atoms with Gasteiger partial charge in [0.05, 0.1) is 0 Å². The monoisotopic (exact) mass is 300 g/mol. The summed E-state index contributed by atoms with van der Waals surface area (Å²) in [6, 6.07) is 13.9. The van der Waals surface area contributed by atoms with E-state index in [0.717, 1.165) is 0 Å². The van der Waals surface area contributed by atoms with Crippen LogP contribution in [0.2, 0.25) is 5.02 Å². The van der Waals surface area contributed by atoms with Gasteiger partial charge >= 0.3 is 0 Å². The van der Waals surface area contributed by atoms with Gasteiger partial charge in [0.2, 0.25) is 0 Å². The van der Waals surface area contributed by atoms with Crippen molar-refractivity contribution < 1.29 is 9.18 Å². The molecule has 2 aromatic carbocycles. The first-order valence-electron chi connectivity index (χ1n) is 6.03. The highest BCUT2D eigenvalue weighted by Crippen LogP contribution is 2.16. The molecule has 0 aliphatic heterocycles. The summed E-state index contributed by atoms with van der Waals surface area (Å²) >= 11 is 5.82. The number of benzene rings is 2. The third-order valence-corrected chi connectivity index (χ3v) is 2.86. The minimum atomic E-state index is -0.552. The highest BCUT2D eigenvalue weighted by Gasteiger charge is 2.09. The minimum Gasteiger partial charge on any atom is -0.321 e. The number of carbonyl (C=O) groups is 1. The van der Waals surface area contributed by atoms with Gasteiger partial charge in [-0.2, -0.15) is 5.26 Å². The molecular weight excluding hydrogens is 291 g/mol. The largest absolute Gasteiger partial charge is 0.321 e. The number of carbonyl (C=O) groups excluding carboxylic acids is 1. The topological polar surface area (TPSA) is 52.9 Å². The summed E-state index contributed by atoms with van der Waals surface area (Å²) in [5.41, 5.74) is 0.975. The SMILES string of the molecule is N#C/C(=C\c1ccc(F)cc1)C(=O)Nc1cccc(Cl)c1. The molecule has 0 atom stereocenters. The second-order valence-corrected chi connectivity index (χ2v) is 4.62. The van der Waals surface area contributed by atoms with Gasteiger partial charge in [0.25, 0.3) is 5.91 Å².